The molecule has 0 radical (unpaired) electrons. The highest BCUT2D eigenvalue weighted by Gasteiger charge is 2.38. The molecule has 1 heterocycles. The van der Waals surface area contributed by atoms with Crippen LogP contribution >= 0.6 is 0 Å². The summed E-state index contributed by atoms with van der Waals surface area (Å²) in [6.45, 7) is 12.2. The Balaban J connectivity index is 2.10. The van der Waals surface area contributed by atoms with Crippen molar-refractivity contribution in [2.24, 2.45) is 0 Å². The Labute approximate surface area is 178 Å². The van der Waals surface area contributed by atoms with Crippen LogP contribution in [0.5, 0.6) is 0 Å². The molecule has 0 saturated heterocycles. The smallest absolute Gasteiger partial charge is 0.340 e. The molecule has 3 rings (SSSR count). The molecule has 0 saturated carbocycles. The first-order chi connectivity index (χ1) is 14.0. The number of hydrogen-bond donors (Lipinski definition) is 0. The van der Waals surface area contributed by atoms with E-state index in [4.69, 9.17) is 4.74 Å². The molecule has 1 aliphatic heterocycles. The van der Waals surface area contributed by atoms with Crippen LogP contribution in [0.2, 0.25) is 0 Å². The van der Waals surface area contributed by atoms with Crippen molar-refractivity contribution >= 4 is 23.6 Å². The number of methoxy groups -OCH3 is 1. The zero-order valence-electron chi connectivity index (χ0n) is 18.8. The van der Waals surface area contributed by atoms with Gasteiger partial charge in [-0.25, -0.2) is 4.79 Å². The SMILES string of the molecule is COC(=O)C1=C(C)N(c2cc(C)cc(C)c2)C(=O)/C1=C\c1ccc(C(C)(C)C)cc1. The van der Waals surface area contributed by atoms with Crippen molar-refractivity contribution in [2.75, 3.05) is 12.0 Å². The van der Waals surface area contributed by atoms with Gasteiger partial charge in [0.25, 0.3) is 5.91 Å². The first-order valence-corrected chi connectivity index (χ1v) is 10.1. The van der Waals surface area contributed by atoms with Gasteiger partial charge in [0.1, 0.15) is 0 Å². The van der Waals surface area contributed by atoms with E-state index in [9.17, 15) is 9.59 Å². The van der Waals surface area contributed by atoms with Crippen LogP contribution in [0.4, 0.5) is 5.69 Å². The lowest BCUT2D eigenvalue weighted by molar-refractivity contribution is -0.136. The molecule has 4 nitrogen and oxygen atoms in total. The molecule has 0 N–H and O–H groups in total. The van der Waals surface area contributed by atoms with Crippen LogP contribution in [0.15, 0.2) is 59.3 Å². The van der Waals surface area contributed by atoms with E-state index in [0.29, 0.717) is 16.8 Å². The van der Waals surface area contributed by atoms with E-state index in [1.165, 1.54) is 12.7 Å². The number of amides is 1. The van der Waals surface area contributed by atoms with Gasteiger partial charge in [0.15, 0.2) is 0 Å². The average Bonchev–Trinajstić information content (AvgIpc) is 2.90. The third-order valence-electron chi connectivity index (χ3n) is 5.34. The van der Waals surface area contributed by atoms with Crippen molar-refractivity contribution in [3.05, 3.63) is 81.6 Å². The van der Waals surface area contributed by atoms with Gasteiger partial charge in [0, 0.05) is 11.4 Å². The Morgan fingerprint density at radius 1 is 0.967 bits per heavy atom. The highest BCUT2D eigenvalue weighted by atomic mass is 16.5. The van der Waals surface area contributed by atoms with Crippen molar-refractivity contribution in [2.45, 2.75) is 47.0 Å². The highest BCUT2D eigenvalue weighted by Crippen LogP contribution is 2.36. The molecule has 4 heteroatoms. The number of allylic oxidation sites excluding steroid dienone is 1. The van der Waals surface area contributed by atoms with E-state index in [1.807, 2.05) is 38.1 Å². The van der Waals surface area contributed by atoms with Gasteiger partial charge in [0.05, 0.1) is 18.3 Å². The van der Waals surface area contributed by atoms with Gasteiger partial charge in [-0.05, 0) is 66.6 Å². The predicted molar refractivity (Wildman–Crippen MR) is 121 cm³/mol. The number of carbonyl (C=O) groups excluding carboxylic acids is 2. The molecule has 0 aliphatic carbocycles. The topological polar surface area (TPSA) is 46.6 Å². The predicted octanol–water partition coefficient (Wildman–Crippen LogP) is 5.48. The Bertz CT molecular complexity index is 1050. The molecule has 156 valence electrons. The third kappa shape index (κ3) is 4.09. The maximum atomic E-state index is 13.4. The second kappa shape index (κ2) is 7.94. The lowest BCUT2D eigenvalue weighted by Gasteiger charge is -2.19. The number of hydrogen-bond acceptors (Lipinski definition) is 3. The Hall–Kier alpha value is -3.14. The summed E-state index contributed by atoms with van der Waals surface area (Å²) in [5, 5.41) is 0. The molecule has 0 aromatic heterocycles. The average molecular weight is 404 g/mol. The van der Waals surface area contributed by atoms with E-state index < -0.39 is 5.97 Å². The number of carbonyl (C=O) groups is 2. The fourth-order valence-corrected chi connectivity index (χ4v) is 3.82. The minimum absolute atomic E-state index is 0.0440. The molecule has 0 unspecified atom stereocenters. The Kier molecular flexibility index (Phi) is 5.71. The van der Waals surface area contributed by atoms with Gasteiger partial charge < -0.3 is 4.74 Å². The molecule has 0 fully saturated rings. The molecule has 1 aliphatic rings. The van der Waals surface area contributed by atoms with Crippen molar-refractivity contribution in [3.8, 4) is 0 Å². The second-order valence-electron chi connectivity index (χ2n) is 8.87. The standard InChI is InChI=1S/C26H29NO3/c1-16-12-17(2)14-21(13-16)27-18(3)23(25(29)30-7)22(24(27)28)15-19-8-10-20(11-9-19)26(4,5)6/h8-15H,1-7H3/b22-15-. The summed E-state index contributed by atoms with van der Waals surface area (Å²) < 4.78 is 5.00. The molecule has 0 spiro atoms. The summed E-state index contributed by atoms with van der Waals surface area (Å²) in [5.41, 5.74) is 6.21. The number of nitrogens with zero attached hydrogens (tertiary/aromatic N) is 1. The lowest BCUT2D eigenvalue weighted by Crippen LogP contribution is -2.24. The molecule has 2 aromatic rings. The van der Waals surface area contributed by atoms with Crippen molar-refractivity contribution in [1.29, 1.82) is 0 Å². The van der Waals surface area contributed by atoms with Crippen LogP contribution in [0.3, 0.4) is 0 Å². The molecular formula is C26H29NO3. The fraction of sp³-hybridized carbons (Fsp3) is 0.308. The number of rotatable bonds is 3. The first-order valence-electron chi connectivity index (χ1n) is 10.1. The summed E-state index contributed by atoms with van der Waals surface area (Å²) in [4.78, 5) is 27.6. The van der Waals surface area contributed by atoms with Crippen LogP contribution in [-0.4, -0.2) is 19.0 Å². The van der Waals surface area contributed by atoms with Gasteiger partial charge in [-0.15, -0.1) is 0 Å². The summed E-state index contributed by atoms with van der Waals surface area (Å²) >= 11 is 0. The maximum absolute atomic E-state index is 13.4. The normalized spacial score (nSPS) is 15.9. The molecule has 0 bridgehead atoms. The molecular weight excluding hydrogens is 374 g/mol. The van der Waals surface area contributed by atoms with Crippen molar-refractivity contribution in [1.82, 2.24) is 0 Å². The largest absolute Gasteiger partial charge is 0.465 e. The molecule has 1 amide bonds. The number of benzene rings is 2. The third-order valence-corrected chi connectivity index (χ3v) is 5.34. The minimum Gasteiger partial charge on any atom is -0.465 e. The van der Waals surface area contributed by atoms with Crippen LogP contribution in [0, 0.1) is 13.8 Å². The van der Waals surface area contributed by atoms with Gasteiger partial charge in [0.2, 0.25) is 0 Å². The van der Waals surface area contributed by atoms with Gasteiger partial charge in [-0.2, -0.15) is 0 Å². The summed E-state index contributed by atoms with van der Waals surface area (Å²) in [7, 11) is 1.34. The van der Waals surface area contributed by atoms with Crippen LogP contribution in [-0.2, 0) is 19.7 Å². The number of anilines is 1. The van der Waals surface area contributed by atoms with E-state index in [-0.39, 0.29) is 11.3 Å². The van der Waals surface area contributed by atoms with Gasteiger partial charge in [-0.1, -0.05) is 51.1 Å². The Morgan fingerprint density at radius 2 is 1.53 bits per heavy atom. The summed E-state index contributed by atoms with van der Waals surface area (Å²) in [6.07, 6.45) is 1.77. The minimum atomic E-state index is -0.509. The number of esters is 1. The zero-order chi connectivity index (χ0) is 22.2. The monoisotopic (exact) mass is 403 g/mol. The molecule has 30 heavy (non-hydrogen) atoms. The van der Waals surface area contributed by atoms with E-state index in [1.54, 1.807) is 17.9 Å². The second-order valence-corrected chi connectivity index (χ2v) is 8.87. The number of aryl methyl sites for hydroxylation is 2. The van der Waals surface area contributed by atoms with E-state index >= 15 is 0 Å². The first kappa shape index (κ1) is 21.6. The van der Waals surface area contributed by atoms with Gasteiger partial charge in [-0.3, -0.25) is 9.69 Å². The number of ether oxygens (including phenoxy) is 1. The summed E-state index contributed by atoms with van der Waals surface area (Å²) in [5.74, 6) is -0.733. The lowest BCUT2D eigenvalue weighted by atomic mass is 9.86. The zero-order valence-corrected chi connectivity index (χ0v) is 18.8. The van der Waals surface area contributed by atoms with Crippen LogP contribution in [0.25, 0.3) is 6.08 Å². The van der Waals surface area contributed by atoms with Crippen LogP contribution in [0.1, 0.15) is 49.9 Å². The maximum Gasteiger partial charge on any atom is 0.340 e. The van der Waals surface area contributed by atoms with Crippen molar-refractivity contribution in [3.63, 3.8) is 0 Å². The van der Waals surface area contributed by atoms with Crippen LogP contribution < -0.4 is 4.90 Å². The quantitative estimate of drug-likeness (QED) is 0.504. The van der Waals surface area contributed by atoms with E-state index in [2.05, 4.69) is 39.0 Å². The summed E-state index contributed by atoms with van der Waals surface area (Å²) in [6, 6.07) is 14.0. The van der Waals surface area contributed by atoms with Gasteiger partial charge >= 0.3 is 5.97 Å². The van der Waals surface area contributed by atoms with E-state index in [0.717, 1.165) is 22.4 Å². The Morgan fingerprint density at radius 3 is 2.03 bits per heavy atom. The van der Waals surface area contributed by atoms with Crippen molar-refractivity contribution < 1.29 is 14.3 Å². The molecule has 2 aromatic carbocycles. The highest BCUT2D eigenvalue weighted by molar-refractivity contribution is 6.23. The molecule has 0 atom stereocenters. The fourth-order valence-electron chi connectivity index (χ4n) is 3.82.